The van der Waals surface area contributed by atoms with E-state index in [0.717, 1.165) is 40.9 Å². The van der Waals surface area contributed by atoms with Crippen LogP contribution in [0.4, 0.5) is 0 Å². The molecule has 0 aliphatic carbocycles. The Hall–Kier alpha value is -4.69. The number of hydrogen-bond donors (Lipinski definition) is 0. The Labute approximate surface area is 238 Å². The smallest absolute Gasteiger partial charge is 0.337 e. The molecular formula is C33H31N3O5. The van der Waals surface area contributed by atoms with E-state index in [-0.39, 0.29) is 6.10 Å². The van der Waals surface area contributed by atoms with Crippen molar-refractivity contribution >= 4 is 17.0 Å². The first-order valence-corrected chi connectivity index (χ1v) is 13.6. The number of aryl methyl sites for hydroxylation is 2. The summed E-state index contributed by atoms with van der Waals surface area (Å²) < 4.78 is 24.8. The van der Waals surface area contributed by atoms with Gasteiger partial charge in [-0.2, -0.15) is 4.98 Å². The first-order chi connectivity index (χ1) is 20.0. The van der Waals surface area contributed by atoms with Crippen LogP contribution >= 0.6 is 0 Å². The van der Waals surface area contributed by atoms with Crippen LogP contribution in [-0.2, 0) is 22.6 Å². The highest BCUT2D eigenvalue weighted by Gasteiger charge is 2.23. The van der Waals surface area contributed by atoms with Crippen molar-refractivity contribution in [2.75, 3.05) is 13.7 Å². The van der Waals surface area contributed by atoms with E-state index in [1.54, 1.807) is 18.2 Å². The molecule has 2 aromatic heterocycles. The zero-order valence-electron chi connectivity index (χ0n) is 23.3. The predicted molar refractivity (Wildman–Crippen MR) is 155 cm³/mol. The van der Waals surface area contributed by atoms with Crippen LogP contribution in [0.5, 0.6) is 17.6 Å². The molecule has 1 aliphatic rings. The molecule has 6 rings (SSSR count). The number of imidazole rings is 1. The number of ether oxygens (including phenoxy) is 4. The van der Waals surface area contributed by atoms with Crippen LogP contribution in [0.25, 0.3) is 22.3 Å². The lowest BCUT2D eigenvalue weighted by atomic mass is 10.1. The molecule has 1 fully saturated rings. The summed E-state index contributed by atoms with van der Waals surface area (Å²) >= 11 is 0. The molecule has 208 valence electrons. The minimum absolute atomic E-state index is 0.0781. The molecule has 1 saturated heterocycles. The molecular weight excluding hydrogens is 518 g/mol. The molecule has 0 N–H and O–H groups in total. The van der Waals surface area contributed by atoms with Gasteiger partial charge in [-0.05, 0) is 79.9 Å². The number of benzene rings is 3. The third-order valence-corrected chi connectivity index (χ3v) is 7.27. The number of esters is 1. The molecule has 5 aromatic rings. The lowest BCUT2D eigenvalue weighted by molar-refractivity contribution is -0.0593. The van der Waals surface area contributed by atoms with Crippen molar-refractivity contribution in [3.8, 4) is 28.9 Å². The lowest BCUT2D eigenvalue weighted by Gasteiger charge is -2.27. The molecule has 0 radical (unpaired) electrons. The van der Waals surface area contributed by atoms with Crippen LogP contribution in [0.1, 0.15) is 33.5 Å². The van der Waals surface area contributed by atoms with Gasteiger partial charge in [-0.15, -0.1) is 0 Å². The average molecular weight is 550 g/mol. The number of fused-ring (bicyclic) bond motifs is 1. The zero-order valence-corrected chi connectivity index (χ0v) is 23.3. The number of carbonyl (C=O) groups is 1. The van der Waals surface area contributed by atoms with E-state index in [0.29, 0.717) is 36.4 Å². The first-order valence-electron chi connectivity index (χ1n) is 13.6. The molecule has 0 spiro atoms. The SMILES string of the molecule is COC(=O)c1ccc2nc(Oc3ccc(-c4cccc(OCc5ccc(C)cc5C)n4)cc3)n(C[C@@H]3CCO3)c2c1. The van der Waals surface area contributed by atoms with E-state index in [4.69, 9.17) is 28.9 Å². The van der Waals surface area contributed by atoms with Gasteiger partial charge in [0.2, 0.25) is 5.88 Å². The van der Waals surface area contributed by atoms with E-state index in [2.05, 4.69) is 32.0 Å². The van der Waals surface area contributed by atoms with E-state index >= 15 is 0 Å². The van der Waals surface area contributed by atoms with Gasteiger partial charge in [0.1, 0.15) is 12.4 Å². The predicted octanol–water partition coefficient (Wildman–Crippen LogP) is 6.66. The summed E-state index contributed by atoms with van der Waals surface area (Å²) in [4.78, 5) is 21.5. The van der Waals surface area contributed by atoms with Crippen LogP contribution in [-0.4, -0.2) is 40.3 Å². The summed E-state index contributed by atoms with van der Waals surface area (Å²) in [7, 11) is 1.37. The summed E-state index contributed by atoms with van der Waals surface area (Å²) in [5.74, 6) is 0.808. The monoisotopic (exact) mass is 549 g/mol. The van der Waals surface area contributed by atoms with Gasteiger partial charge in [0.05, 0.1) is 42.0 Å². The highest BCUT2D eigenvalue weighted by molar-refractivity contribution is 5.93. The Kier molecular flexibility index (Phi) is 7.39. The molecule has 3 aromatic carbocycles. The largest absolute Gasteiger partial charge is 0.473 e. The summed E-state index contributed by atoms with van der Waals surface area (Å²) in [6, 6.07) is 25.5. The van der Waals surface area contributed by atoms with Crippen LogP contribution in [0.15, 0.2) is 78.9 Å². The van der Waals surface area contributed by atoms with E-state index in [1.165, 1.54) is 18.2 Å². The van der Waals surface area contributed by atoms with Gasteiger partial charge < -0.3 is 18.9 Å². The van der Waals surface area contributed by atoms with E-state index in [9.17, 15) is 4.79 Å². The molecule has 41 heavy (non-hydrogen) atoms. The molecule has 0 unspecified atom stereocenters. The summed E-state index contributed by atoms with van der Waals surface area (Å²) in [6.07, 6.45) is 1.04. The van der Waals surface area contributed by atoms with Crippen molar-refractivity contribution in [3.63, 3.8) is 0 Å². The molecule has 8 heteroatoms. The van der Waals surface area contributed by atoms with E-state index in [1.807, 2.05) is 47.0 Å². The van der Waals surface area contributed by atoms with Gasteiger partial charge in [-0.25, -0.2) is 9.78 Å². The van der Waals surface area contributed by atoms with Crippen LogP contribution in [0, 0.1) is 13.8 Å². The Bertz CT molecular complexity index is 1710. The number of aromatic nitrogens is 3. The number of pyridine rings is 1. The fourth-order valence-corrected chi connectivity index (χ4v) is 4.85. The van der Waals surface area contributed by atoms with Crippen molar-refractivity contribution in [2.45, 2.75) is 39.5 Å². The minimum Gasteiger partial charge on any atom is -0.473 e. The summed E-state index contributed by atoms with van der Waals surface area (Å²) in [5.41, 5.74) is 7.29. The number of carbonyl (C=O) groups excluding carboxylic acids is 1. The summed E-state index contributed by atoms with van der Waals surface area (Å²) in [5, 5.41) is 0. The maximum atomic E-state index is 12.1. The molecule has 0 amide bonds. The second-order valence-corrected chi connectivity index (χ2v) is 10.2. The van der Waals surface area contributed by atoms with Crippen LogP contribution < -0.4 is 9.47 Å². The van der Waals surface area contributed by atoms with Gasteiger partial charge >= 0.3 is 12.0 Å². The van der Waals surface area contributed by atoms with Crippen molar-refractivity contribution in [3.05, 3.63) is 101 Å². The quantitative estimate of drug-likeness (QED) is 0.190. The molecule has 3 heterocycles. The first kappa shape index (κ1) is 26.5. The van der Waals surface area contributed by atoms with Crippen LogP contribution in [0.3, 0.4) is 0 Å². The Morgan fingerprint density at radius 2 is 1.83 bits per heavy atom. The highest BCUT2D eigenvalue weighted by Crippen LogP contribution is 2.30. The van der Waals surface area contributed by atoms with Crippen molar-refractivity contribution < 1.29 is 23.7 Å². The van der Waals surface area contributed by atoms with Gasteiger partial charge in [-0.3, -0.25) is 4.57 Å². The highest BCUT2D eigenvalue weighted by atomic mass is 16.5. The lowest BCUT2D eigenvalue weighted by Crippen LogP contribution is -2.31. The molecule has 1 atom stereocenters. The third-order valence-electron chi connectivity index (χ3n) is 7.27. The molecule has 1 aliphatic heterocycles. The normalized spacial score (nSPS) is 14.5. The number of methoxy groups -OCH3 is 1. The fraction of sp³-hybridized carbons (Fsp3) is 0.242. The zero-order chi connectivity index (χ0) is 28.3. The van der Waals surface area contributed by atoms with Crippen molar-refractivity contribution in [1.29, 1.82) is 0 Å². The van der Waals surface area contributed by atoms with Gasteiger partial charge in [0.25, 0.3) is 0 Å². The average Bonchev–Trinajstić information content (AvgIpc) is 3.30. The standard InChI is InChI=1S/C33H31N3O5/c1-21-7-8-25(22(2)17-21)20-40-31-6-4-5-28(34-31)23-9-12-26(13-10-23)41-33-35-29-14-11-24(32(37)38-3)18-30(29)36(33)19-27-15-16-39-27/h4-14,17-18,27H,15-16,19-20H2,1-3H3/t27-/m0/s1. The Morgan fingerprint density at radius 1 is 1.00 bits per heavy atom. The molecule has 0 saturated carbocycles. The van der Waals surface area contributed by atoms with Gasteiger partial charge in [-0.1, -0.05) is 29.8 Å². The Morgan fingerprint density at radius 3 is 2.56 bits per heavy atom. The number of hydrogen-bond acceptors (Lipinski definition) is 7. The molecule has 8 nitrogen and oxygen atoms in total. The maximum absolute atomic E-state index is 12.1. The topological polar surface area (TPSA) is 84.7 Å². The third kappa shape index (κ3) is 5.78. The van der Waals surface area contributed by atoms with E-state index < -0.39 is 5.97 Å². The number of rotatable bonds is 9. The van der Waals surface area contributed by atoms with Gasteiger partial charge in [0, 0.05) is 18.2 Å². The fourth-order valence-electron chi connectivity index (χ4n) is 4.85. The van der Waals surface area contributed by atoms with Gasteiger partial charge in [0.15, 0.2) is 0 Å². The van der Waals surface area contributed by atoms with Crippen molar-refractivity contribution in [1.82, 2.24) is 14.5 Å². The van der Waals surface area contributed by atoms with Crippen LogP contribution in [0.2, 0.25) is 0 Å². The van der Waals surface area contributed by atoms with Crippen molar-refractivity contribution in [2.24, 2.45) is 0 Å². The second kappa shape index (κ2) is 11.4. The second-order valence-electron chi connectivity index (χ2n) is 10.2. The Balaban J connectivity index is 1.20. The number of nitrogens with zero attached hydrogens (tertiary/aromatic N) is 3. The maximum Gasteiger partial charge on any atom is 0.337 e. The minimum atomic E-state index is -0.397. The molecule has 0 bridgehead atoms. The summed E-state index contributed by atoms with van der Waals surface area (Å²) in [6.45, 7) is 5.96.